The Morgan fingerprint density at radius 1 is 1.12 bits per heavy atom. The van der Waals surface area contributed by atoms with Crippen LogP contribution in [0.1, 0.15) is 29.1 Å². The van der Waals surface area contributed by atoms with Gasteiger partial charge >= 0.3 is 0 Å². The summed E-state index contributed by atoms with van der Waals surface area (Å²) >= 11 is 1.59. The van der Waals surface area contributed by atoms with Crippen LogP contribution in [0.5, 0.6) is 5.75 Å². The van der Waals surface area contributed by atoms with Gasteiger partial charge in [-0.25, -0.2) is 13.4 Å². The minimum absolute atomic E-state index is 0.241. The Kier molecular flexibility index (Phi) is 7.22. The van der Waals surface area contributed by atoms with Crippen LogP contribution < -0.4 is 10.1 Å². The van der Waals surface area contributed by atoms with E-state index in [0.717, 1.165) is 34.9 Å². The summed E-state index contributed by atoms with van der Waals surface area (Å²) < 4.78 is 32.4. The van der Waals surface area contributed by atoms with Gasteiger partial charge in [0, 0.05) is 30.2 Å². The number of hydrogen-bond acceptors (Lipinski definition) is 6. The lowest BCUT2D eigenvalue weighted by molar-refractivity contribution is -0.111. The number of carbonyl (C=O) groups is 1. The van der Waals surface area contributed by atoms with Crippen molar-refractivity contribution in [1.82, 2.24) is 9.29 Å². The zero-order valence-corrected chi connectivity index (χ0v) is 19.9. The molecule has 9 heteroatoms. The molecule has 3 aromatic rings. The van der Waals surface area contributed by atoms with Gasteiger partial charge in [-0.2, -0.15) is 4.31 Å². The minimum Gasteiger partial charge on any atom is -0.487 e. The number of anilines is 1. The lowest BCUT2D eigenvalue weighted by Gasteiger charge is -2.15. The maximum absolute atomic E-state index is 12.6. The Labute approximate surface area is 197 Å². The number of nitrogens with zero attached hydrogens (tertiary/aromatic N) is 2. The lowest BCUT2D eigenvalue weighted by atomic mass is 10.2. The quantitative estimate of drug-likeness (QED) is 0.478. The van der Waals surface area contributed by atoms with E-state index in [1.807, 2.05) is 36.6 Å². The predicted molar refractivity (Wildman–Crippen MR) is 130 cm³/mol. The number of benzene rings is 2. The smallest absolute Gasteiger partial charge is 0.248 e. The van der Waals surface area contributed by atoms with Crippen LogP contribution in [0.25, 0.3) is 6.08 Å². The Balaban J connectivity index is 1.29. The molecule has 1 aliphatic heterocycles. The molecule has 7 nitrogen and oxygen atoms in total. The molecule has 172 valence electrons. The topological polar surface area (TPSA) is 88.6 Å². The number of thiazole rings is 1. The third kappa shape index (κ3) is 6.07. The number of aromatic nitrogens is 1. The van der Waals surface area contributed by atoms with Crippen LogP contribution in [0.4, 0.5) is 5.69 Å². The van der Waals surface area contributed by atoms with Crippen LogP contribution in [0.15, 0.2) is 64.9 Å². The fourth-order valence-corrected chi connectivity index (χ4v) is 5.56. The molecule has 1 N–H and O–H groups in total. The van der Waals surface area contributed by atoms with Crippen LogP contribution in [0, 0.1) is 6.92 Å². The summed E-state index contributed by atoms with van der Waals surface area (Å²) in [5.41, 5.74) is 2.29. The summed E-state index contributed by atoms with van der Waals surface area (Å²) in [6, 6.07) is 13.7. The molecule has 1 amide bonds. The molecule has 0 atom stereocenters. The van der Waals surface area contributed by atoms with Crippen LogP contribution in [0.3, 0.4) is 0 Å². The van der Waals surface area contributed by atoms with Gasteiger partial charge in [0.1, 0.15) is 12.4 Å². The van der Waals surface area contributed by atoms with Crippen molar-refractivity contribution in [2.24, 2.45) is 0 Å². The van der Waals surface area contributed by atoms with Crippen molar-refractivity contribution in [3.63, 3.8) is 0 Å². The molecule has 0 aliphatic carbocycles. The van der Waals surface area contributed by atoms with Crippen molar-refractivity contribution < 1.29 is 17.9 Å². The molecule has 0 bridgehead atoms. The van der Waals surface area contributed by atoms with Gasteiger partial charge in [-0.1, -0.05) is 12.1 Å². The fraction of sp³-hybridized carbons (Fsp3) is 0.250. The molecular weight excluding hydrogens is 458 g/mol. The zero-order valence-electron chi connectivity index (χ0n) is 18.2. The third-order valence-electron chi connectivity index (χ3n) is 5.19. The largest absolute Gasteiger partial charge is 0.487 e. The summed E-state index contributed by atoms with van der Waals surface area (Å²) in [5.74, 6) is 0.426. The van der Waals surface area contributed by atoms with E-state index in [1.165, 1.54) is 22.5 Å². The molecule has 0 radical (unpaired) electrons. The fourth-order valence-electron chi connectivity index (χ4n) is 3.45. The van der Waals surface area contributed by atoms with Crippen molar-refractivity contribution in [3.8, 4) is 5.75 Å². The molecule has 33 heavy (non-hydrogen) atoms. The molecule has 2 aromatic carbocycles. The van der Waals surface area contributed by atoms with Crippen molar-refractivity contribution in [3.05, 3.63) is 76.3 Å². The number of hydrogen-bond donors (Lipinski definition) is 1. The maximum atomic E-state index is 12.6. The Morgan fingerprint density at radius 2 is 1.82 bits per heavy atom. The van der Waals surface area contributed by atoms with Crippen molar-refractivity contribution in [2.45, 2.75) is 31.3 Å². The molecular formula is C24H25N3O4S2. The monoisotopic (exact) mass is 483 g/mol. The second-order valence-electron chi connectivity index (χ2n) is 7.67. The number of carbonyl (C=O) groups excluding carboxylic acids is 1. The number of amides is 1. The first-order valence-electron chi connectivity index (χ1n) is 10.6. The second-order valence-corrected chi connectivity index (χ2v) is 10.7. The van der Waals surface area contributed by atoms with Crippen molar-refractivity contribution >= 4 is 39.0 Å². The molecule has 1 fully saturated rings. The van der Waals surface area contributed by atoms with E-state index in [-0.39, 0.29) is 10.8 Å². The Morgan fingerprint density at radius 3 is 2.45 bits per heavy atom. The normalized spacial score (nSPS) is 14.6. The number of ether oxygens (including phenoxy) is 1. The van der Waals surface area contributed by atoms with E-state index in [9.17, 15) is 13.2 Å². The standard InChI is InChI=1S/C24H25N3O4S2/c1-18-25-21(17-32-18)16-31-22-9-4-19(5-10-22)6-13-24(28)26-20-7-11-23(12-8-20)33(29,30)27-14-2-3-15-27/h4-13,17H,2-3,14-16H2,1H3,(H,26,28)/b13-6+. The average molecular weight is 484 g/mol. The maximum Gasteiger partial charge on any atom is 0.248 e. The molecule has 0 spiro atoms. The highest BCUT2D eigenvalue weighted by molar-refractivity contribution is 7.89. The predicted octanol–water partition coefficient (Wildman–Crippen LogP) is 4.47. The SMILES string of the molecule is Cc1nc(COc2ccc(/C=C/C(=O)Nc3ccc(S(=O)(=O)N4CCCC4)cc3)cc2)cs1. The van der Waals surface area contributed by atoms with Crippen LogP contribution in [-0.4, -0.2) is 36.7 Å². The molecule has 1 aliphatic rings. The summed E-state index contributed by atoms with van der Waals surface area (Å²) in [6.45, 7) is 3.49. The van der Waals surface area contributed by atoms with Gasteiger partial charge in [-0.3, -0.25) is 4.79 Å². The Hall–Kier alpha value is -3.01. The van der Waals surface area contributed by atoms with Gasteiger partial charge in [0.15, 0.2) is 0 Å². The van der Waals surface area contributed by atoms with Crippen LogP contribution >= 0.6 is 11.3 Å². The summed E-state index contributed by atoms with van der Waals surface area (Å²) in [7, 11) is -3.46. The summed E-state index contributed by atoms with van der Waals surface area (Å²) in [4.78, 5) is 16.9. The number of nitrogens with one attached hydrogen (secondary N) is 1. The number of aryl methyl sites for hydroxylation is 1. The van der Waals surface area contributed by atoms with E-state index < -0.39 is 10.0 Å². The van der Waals surface area contributed by atoms with Gasteiger partial charge in [0.05, 0.1) is 15.6 Å². The van der Waals surface area contributed by atoms with Gasteiger partial charge in [0.2, 0.25) is 15.9 Å². The van der Waals surface area contributed by atoms with Crippen LogP contribution in [-0.2, 0) is 21.4 Å². The number of sulfonamides is 1. The molecule has 4 rings (SSSR count). The zero-order chi connectivity index (χ0) is 23.3. The van der Waals surface area contributed by atoms with E-state index in [4.69, 9.17) is 4.74 Å². The van der Waals surface area contributed by atoms with Crippen molar-refractivity contribution in [1.29, 1.82) is 0 Å². The summed E-state index contributed by atoms with van der Waals surface area (Å²) in [5, 5.41) is 5.73. The first kappa shape index (κ1) is 23.2. The van der Waals surface area contributed by atoms with E-state index in [0.29, 0.717) is 25.4 Å². The Bertz CT molecular complexity index is 1230. The average Bonchev–Trinajstić information content (AvgIpc) is 3.50. The van der Waals surface area contributed by atoms with Gasteiger partial charge in [0.25, 0.3) is 0 Å². The van der Waals surface area contributed by atoms with E-state index in [2.05, 4.69) is 10.3 Å². The second kappa shape index (κ2) is 10.3. The first-order valence-corrected chi connectivity index (χ1v) is 13.0. The highest BCUT2D eigenvalue weighted by atomic mass is 32.2. The van der Waals surface area contributed by atoms with Crippen LogP contribution in [0.2, 0.25) is 0 Å². The third-order valence-corrected chi connectivity index (χ3v) is 7.92. The minimum atomic E-state index is -3.46. The molecule has 1 saturated heterocycles. The lowest BCUT2D eigenvalue weighted by Crippen LogP contribution is -2.27. The van der Waals surface area contributed by atoms with Gasteiger partial charge < -0.3 is 10.1 Å². The molecule has 0 unspecified atom stereocenters. The first-order chi connectivity index (χ1) is 15.9. The van der Waals surface area contributed by atoms with Gasteiger partial charge in [-0.05, 0) is 67.8 Å². The van der Waals surface area contributed by atoms with Crippen molar-refractivity contribution in [2.75, 3.05) is 18.4 Å². The van der Waals surface area contributed by atoms with E-state index in [1.54, 1.807) is 29.5 Å². The molecule has 1 aromatic heterocycles. The highest BCUT2D eigenvalue weighted by Gasteiger charge is 2.26. The molecule has 0 saturated carbocycles. The summed E-state index contributed by atoms with van der Waals surface area (Å²) in [6.07, 6.45) is 4.92. The number of rotatable bonds is 8. The molecule has 2 heterocycles. The van der Waals surface area contributed by atoms with Gasteiger partial charge in [-0.15, -0.1) is 11.3 Å². The van der Waals surface area contributed by atoms with E-state index >= 15 is 0 Å². The highest BCUT2D eigenvalue weighted by Crippen LogP contribution is 2.22.